The average Bonchev–Trinajstić information content (AvgIpc) is 3.32. The molecule has 34 heavy (non-hydrogen) atoms. The Kier molecular flexibility index (Phi) is 5.59. The monoisotopic (exact) mass is 470 g/mol. The Morgan fingerprint density at radius 3 is 1.50 bits per heavy atom. The van der Waals surface area contributed by atoms with Crippen LogP contribution < -0.4 is 11.1 Å². The van der Waals surface area contributed by atoms with Crippen molar-refractivity contribution in [2.75, 3.05) is 0 Å². The van der Waals surface area contributed by atoms with Crippen molar-refractivity contribution in [3.05, 3.63) is 139 Å². The van der Waals surface area contributed by atoms with E-state index in [1.165, 1.54) is 9.36 Å². The van der Waals surface area contributed by atoms with Gasteiger partial charge in [0.25, 0.3) is 11.1 Å². The molecule has 0 fully saturated rings. The number of benzene rings is 3. The molecule has 0 aliphatic rings. The Bertz CT molecular complexity index is 1480. The van der Waals surface area contributed by atoms with Crippen LogP contribution in [0.4, 0.5) is 0 Å². The molecule has 0 spiro atoms. The zero-order chi connectivity index (χ0) is 23.8. The molecule has 0 amide bonds. The summed E-state index contributed by atoms with van der Waals surface area (Å²) in [5, 5.41) is 6.87. The van der Waals surface area contributed by atoms with Crippen molar-refractivity contribution < 1.29 is 0 Å². The third-order valence-corrected chi connectivity index (χ3v) is 6.40. The van der Waals surface area contributed by atoms with Gasteiger partial charge in [-0.15, -0.1) is 0 Å². The fourth-order valence-electron chi connectivity index (χ4n) is 4.48. The van der Waals surface area contributed by atoms with Crippen molar-refractivity contribution in [3.63, 3.8) is 0 Å². The predicted molar refractivity (Wildman–Crippen MR) is 135 cm³/mol. The van der Waals surface area contributed by atoms with Gasteiger partial charge in [0, 0.05) is 16.4 Å². The number of aromatic nitrogens is 4. The molecule has 0 saturated carbocycles. The Labute approximate surface area is 201 Å². The van der Waals surface area contributed by atoms with E-state index in [-0.39, 0.29) is 11.1 Å². The first kappa shape index (κ1) is 21.8. The minimum absolute atomic E-state index is 0.222. The third kappa shape index (κ3) is 3.62. The van der Waals surface area contributed by atoms with Crippen LogP contribution in [-0.4, -0.2) is 19.6 Å². The normalized spacial score (nSPS) is 11.3. The Morgan fingerprint density at radius 1 is 0.647 bits per heavy atom. The summed E-state index contributed by atoms with van der Waals surface area (Å²) < 4.78 is 3.01. The van der Waals surface area contributed by atoms with Gasteiger partial charge in [-0.1, -0.05) is 66.2 Å². The summed E-state index contributed by atoms with van der Waals surface area (Å²) in [5.74, 6) is -0.656. The average molecular weight is 471 g/mol. The Hall–Kier alpha value is -4.03. The first-order chi connectivity index (χ1) is 16.5. The minimum atomic E-state index is -0.656. The van der Waals surface area contributed by atoms with Gasteiger partial charge < -0.3 is 0 Å². The van der Waals surface area contributed by atoms with E-state index in [1.54, 1.807) is 6.07 Å². The van der Waals surface area contributed by atoms with Crippen LogP contribution in [0.3, 0.4) is 0 Å². The van der Waals surface area contributed by atoms with Crippen LogP contribution in [0.5, 0.6) is 0 Å². The summed E-state index contributed by atoms with van der Waals surface area (Å²) in [7, 11) is 0. The molecule has 5 aromatic rings. The van der Waals surface area contributed by atoms with Gasteiger partial charge in [-0.25, -0.2) is 9.36 Å². The van der Waals surface area contributed by atoms with Gasteiger partial charge in [0.05, 0.1) is 28.4 Å². The number of nitrogens with one attached hydrogen (secondary N) is 2. The second kappa shape index (κ2) is 8.72. The molecule has 2 aromatic heterocycles. The predicted octanol–water partition coefficient (Wildman–Crippen LogP) is 5.10. The highest BCUT2D eigenvalue weighted by molar-refractivity contribution is 6.31. The largest absolute Gasteiger partial charge is 0.295 e. The second-order valence-electron chi connectivity index (χ2n) is 8.21. The highest BCUT2D eigenvalue weighted by atomic mass is 35.5. The van der Waals surface area contributed by atoms with E-state index in [0.717, 1.165) is 0 Å². The second-order valence-corrected chi connectivity index (χ2v) is 8.61. The van der Waals surface area contributed by atoms with Crippen LogP contribution in [0.1, 0.15) is 34.0 Å². The number of hydrogen-bond acceptors (Lipinski definition) is 2. The van der Waals surface area contributed by atoms with Crippen molar-refractivity contribution >= 4 is 11.6 Å². The van der Waals surface area contributed by atoms with Crippen molar-refractivity contribution in [3.8, 4) is 11.4 Å². The number of nitrogens with zero attached hydrogens (tertiary/aromatic N) is 2. The number of para-hydroxylation sites is 2. The molecule has 0 saturated heterocycles. The summed E-state index contributed by atoms with van der Waals surface area (Å²) in [6, 6.07) is 26.1. The molecule has 6 nitrogen and oxygen atoms in total. The summed E-state index contributed by atoms with van der Waals surface area (Å²) in [6.45, 7) is 3.69. The van der Waals surface area contributed by atoms with Crippen LogP contribution in [0.25, 0.3) is 11.4 Å². The molecule has 7 heteroatoms. The van der Waals surface area contributed by atoms with Gasteiger partial charge in [0.2, 0.25) is 0 Å². The minimum Gasteiger partial charge on any atom is -0.295 e. The SMILES string of the molecule is Cc1[nH]n(-c2ccccc2)c(=O)c1C(c1ccccc1Cl)c1c(C)[nH]n(-c2ccccc2)c1=O. The molecule has 170 valence electrons. The lowest BCUT2D eigenvalue weighted by molar-refractivity contribution is 0.830. The first-order valence-electron chi connectivity index (χ1n) is 11.0. The summed E-state index contributed by atoms with van der Waals surface area (Å²) in [6.07, 6.45) is 0. The standard InChI is InChI=1S/C27H23ClN4O2/c1-17-23(26(33)31(29-17)19-11-5-3-6-12-19)25(21-15-9-10-16-22(21)28)24-18(2)30-32(27(24)34)20-13-7-4-8-14-20/h3-16,25,29-30H,1-2H3. The Morgan fingerprint density at radius 2 is 1.06 bits per heavy atom. The van der Waals surface area contributed by atoms with Gasteiger partial charge in [0.15, 0.2) is 0 Å². The van der Waals surface area contributed by atoms with Gasteiger partial charge in [-0.05, 0) is 49.7 Å². The van der Waals surface area contributed by atoms with Crippen molar-refractivity contribution in [1.29, 1.82) is 0 Å². The van der Waals surface area contributed by atoms with Crippen LogP contribution in [0, 0.1) is 13.8 Å². The molecule has 0 unspecified atom stereocenters. The molecular formula is C27H23ClN4O2. The van der Waals surface area contributed by atoms with Crippen molar-refractivity contribution in [2.24, 2.45) is 0 Å². The van der Waals surface area contributed by atoms with Gasteiger partial charge in [-0.3, -0.25) is 19.8 Å². The molecule has 0 atom stereocenters. The van der Waals surface area contributed by atoms with E-state index in [4.69, 9.17) is 11.6 Å². The van der Waals surface area contributed by atoms with Crippen molar-refractivity contribution in [1.82, 2.24) is 19.6 Å². The number of halogens is 1. The lowest BCUT2D eigenvalue weighted by Gasteiger charge is -2.17. The van der Waals surface area contributed by atoms with Crippen molar-refractivity contribution in [2.45, 2.75) is 19.8 Å². The molecule has 2 N–H and O–H groups in total. The molecular weight excluding hydrogens is 448 g/mol. The van der Waals surface area contributed by atoms with E-state index >= 15 is 0 Å². The van der Waals surface area contributed by atoms with E-state index < -0.39 is 5.92 Å². The number of H-pyrrole nitrogens is 2. The smallest absolute Gasteiger partial charge is 0.275 e. The third-order valence-electron chi connectivity index (χ3n) is 6.06. The summed E-state index contributed by atoms with van der Waals surface area (Å²) >= 11 is 6.64. The van der Waals surface area contributed by atoms with E-state index in [2.05, 4.69) is 10.2 Å². The highest BCUT2D eigenvalue weighted by Gasteiger charge is 2.32. The molecule has 5 rings (SSSR count). The van der Waals surface area contributed by atoms with Gasteiger partial charge >= 0.3 is 0 Å². The number of rotatable bonds is 5. The fourth-order valence-corrected chi connectivity index (χ4v) is 4.73. The summed E-state index contributed by atoms with van der Waals surface area (Å²) in [5.41, 5.74) is 3.99. The zero-order valence-electron chi connectivity index (χ0n) is 18.7. The number of aryl methyl sites for hydroxylation is 2. The van der Waals surface area contributed by atoms with Crippen LogP contribution in [-0.2, 0) is 0 Å². The fraction of sp³-hybridized carbons (Fsp3) is 0.111. The molecule has 0 aliphatic carbocycles. The molecule has 0 radical (unpaired) electrons. The van der Waals surface area contributed by atoms with Gasteiger partial charge in [-0.2, -0.15) is 0 Å². The maximum atomic E-state index is 13.8. The van der Waals surface area contributed by atoms with Gasteiger partial charge in [0.1, 0.15) is 0 Å². The zero-order valence-corrected chi connectivity index (χ0v) is 19.5. The molecule has 0 aliphatic heterocycles. The van der Waals surface area contributed by atoms with E-state index in [9.17, 15) is 9.59 Å². The maximum absolute atomic E-state index is 13.8. The van der Waals surface area contributed by atoms with E-state index in [0.29, 0.717) is 44.5 Å². The lowest BCUT2D eigenvalue weighted by Crippen LogP contribution is -2.25. The topological polar surface area (TPSA) is 75.6 Å². The number of hydrogen-bond donors (Lipinski definition) is 2. The lowest BCUT2D eigenvalue weighted by atomic mass is 9.85. The maximum Gasteiger partial charge on any atom is 0.275 e. The van der Waals surface area contributed by atoms with Crippen LogP contribution >= 0.6 is 11.6 Å². The van der Waals surface area contributed by atoms with Crippen LogP contribution in [0.15, 0.2) is 94.5 Å². The first-order valence-corrected chi connectivity index (χ1v) is 11.3. The highest BCUT2D eigenvalue weighted by Crippen LogP contribution is 2.35. The molecule has 3 aromatic carbocycles. The molecule has 2 heterocycles. The Balaban J connectivity index is 1.79. The molecule has 0 bridgehead atoms. The quantitative estimate of drug-likeness (QED) is 0.375. The summed E-state index contributed by atoms with van der Waals surface area (Å²) in [4.78, 5) is 27.5. The van der Waals surface area contributed by atoms with Crippen LogP contribution in [0.2, 0.25) is 5.02 Å². The number of aromatic amines is 2. The van der Waals surface area contributed by atoms with E-state index in [1.807, 2.05) is 92.7 Å².